The van der Waals surface area contributed by atoms with Crippen molar-refractivity contribution >= 4 is 12.4 Å². The van der Waals surface area contributed by atoms with E-state index in [-0.39, 0.29) is 18.2 Å². The van der Waals surface area contributed by atoms with Crippen LogP contribution in [0.4, 0.5) is 0 Å². The molecule has 0 aliphatic carbocycles. The van der Waals surface area contributed by atoms with Gasteiger partial charge in [-0.3, -0.25) is 14.1 Å². The zero-order valence-corrected chi connectivity index (χ0v) is 41.5. The van der Waals surface area contributed by atoms with Crippen LogP contribution in [0.5, 0.6) is 11.5 Å². The Morgan fingerprint density at radius 2 is 0.794 bits per heavy atom. The molecule has 3 heterocycles. The van der Waals surface area contributed by atoms with Gasteiger partial charge in [-0.05, 0) is 129 Å². The highest BCUT2D eigenvalue weighted by Gasteiger charge is 2.23. The molecule has 6 aromatic carbocycles. The standard InChI is InChI=1S/C28H30N2O.C27H28N2O.C5H5N.ClH/c1-19(2)25-17-23(21-10-7-6-8-11-21)18-26(20(3)4)27(25)30-15-14-29-28(30)22-12-9-13-24(16-22)31-5;1-18(2)24-16-22(20-9-6-5-7-10-20)17-25(19(3)4)26(24)29-14-13-28-27(29)21-11-8-12-23(30)15-21;1-2-4-6-5-3-1;/h6-20H,1-5H3;5-19,30H,1-4H3;1-5H;1H. The van der Waals surface area contributed by atoms with Gasteiger partial charge in [-0.25, -0.2) is 9.97 Å². The van der Waals surface area contributed by atoms with Gasteiger partial charge in [0.05, 0.1) is 18.5 Å². The van der Waals surface area contributed by atoms with Gasteiger partial charge in [-0.2, -0.15) is 0 Å². The number of halogens is 1. The normalized spacial score (nSPS) is 10.9. The third-order valence-corrected chi connectivity index (χ3v) is 11.8. The van der Waals surface area contributed by atoms with Crippen LogP contribution in [0, 0.1) is 0 Å². The van der Waals surface area contributed by atoms with Crippen molar-refractivity contribution in [2.24, 2.45) is 0 Å². The number of hydrogen-bond donors (Lipinski definition) is 1. The van der Waals surface area contributed by atoms with Gasteiger partial charge in [-0.1, -0.05) is 146 Å². The Balaban J connectivity index is 0.000000196. The first-order chi connectivity index (χ1) is 32.4. The van der Waals surface area contributed by atoms with E-state index in [0.29, 0.717) is 23.7 Å². The van der Waals surface area contributed by atoms with Crippen molar-refractivity contribution in [3.63, 3.8) is 0 Å². The lowest BCUT2D eigenvalue weighted by Crippen LogP contribution is -2.08. The highest BCUT2D eigenvalue weighted by Crippen LogP contribution is 2.40. The van der Waals surface area contributed by atoms with Crippen LogP contribution in [-0.2, 0) is 0 Å². The summed E-state index contributed by atoms with van der Waals surface area (Å²) in [5.74, 6) is 4.28. The van der Waals surface area contributed by atoms with Crippen molar-refractivity contribution in [3.8, 4) is 67.9 Å². The molecule has 7 nitrogen and oxygen atoms in total. The molecule has 8 heteroatoms. The summed E-state index contributed by atoms with van der Waals surface area (Å²) < 4.78 is 9.87. The third kappa shape index (κ3) is 11.8. The van der Waals surface area contributed by atoms with Crippen LogP contribution in [-0.4, -0.2) is 36.3 Å². The molecular weight excluding hydrogens is 858 g/mol. The lowest BCUT2D eigenvalue weighted by molar-refractivity contribution is 0.415. The molecule has 0 aliphatic heterocycles. The van der Waals surface area contributed by atoms with Gasteiger partial charge in [0.1, 0.15) is 23.1 Å². The van der Waals surface area contributed by atoms with E-state index in [1.54, 1.807) is 31.6 Å². The van der Waals surface area contributed by atoms with E-state index in [4.69, 9.17) is 9.72 Å². The average Bonchev–Trinajstić information content (AvgIpc) is 4.06. The van der Waals surface area contributed by atoms with Crippen molar-refractivity contribution in [2.75, 3.05) is 7.11 Å². The van der Waals surface area contributed by atoms with E-state index in [9.17, 15) is 5.11 Å². The SMILES string of the molecule is CC(C)c1cc(-c2ccccc2)cc(C(C)C)c1-n1ccnc1-c1cccc(O)c1.COc1cccc(-c2nccn2-c2c(C(C)C)cc(-c3ccccc3)cc2C(C)C)c1.Cl.c1ccncc1. The lowest BCUT2D eigenvalue weighted by Gasteiger charge is -2.23. The summed E-state index contributed by atoms with van der Waals surface area (Å²) in [6.07, 6.45) is 11.3. The number of hydrogen-bond acceptors (Lipinski definition) is 5. The van der Waals surface area contributed by atoms with Gasteiger partial charge in [0.25, 0.3) is 0 Å². The minimum Gasteiger partial charge on any atom is -0.508 e. The number of aromatic hydroxyl groups is 1. The monoisotopic (exact) mass is 921 g/mol. The van der Waals surface area contributed by atoms with Crippen molar-refractivity contribution in [3.05, 3.63) is 211 Å². The van der Waals surface area contributed by atoms with Crippen LogP contribution < -0.4 is 4.74 Å². The number of imidazole rings is 2. The Morgan fingerprint density at radius 3 is 1.15 bits per heavy atom. The van der Waals surface area contributed by atoms with Crippen LogP contribution >= 0.6 is 12.4 Å². The van der Waals surface area contributed by atoms with E-state index in [0.717, 1.165) is 28.5 Å². The molecular formula is C60H64ClN5O2. The van der Waals surface area contributed by atoms with Crippen LogP contribution in [0.3, 0.4) is 0 Å². The van der Waals surface area contributed by atoms with Gasteiger partial charge in [-0.15, -0.1) is 12.4 Å². The van der Waals surface area contributed by atoms with E-state index in [1.165, 1.54) is 55.9 Å². The second-order valence-electron chi connectivity index (χ2n) is 17.9. The summed E-state index contributed by atoms with van der Waals surface area (Å²) in [5.41, 5.74) is 14.6. The largest absolute Gasteiger partial charge is 0.508 e. The van der Waals surface area contributed by atoms with Crippen molar-refractivity contribution in [1.29, 1.82) is 0 Å². The molecule has 3 aromatic heterocycles. The summed E-state index contributed by atoms with van der Waals surface area (Å²) in [6, 6.07) is 51.6. The maximum atomic E-state index is 9.98. The zero-order valence-electron chi connectivity index (χ0n) is 40.7. The topological polar surface area (TPSA) is 78.0 Å². The summed E-state index contributed by atoms with van der Waals surface area (Å²) >= 11 is 0. The van der Waals surface area contributed by atoms with Crippen LogP contribution in [0.25, 0.3) is 56.4 Å². The molecule has 0 radical (unpaired) electrons. The maximum absolute atomic E-state index is 9.98. The Labute approximate surface area is 409 Å². The molecule has 0 atom stereocenters. The van der Waals surface area contributed by atoms with Gasteiger partial charge in [0.15, 0.2) is 0 Å². The number of rotatable bonds is 11. The van der Waals surface area contributed by atoms with Crippen LogP contribution in [0.15, 0.2) is 189 Å². The van der Waals surface area contributed by atoms with E-state index in [2.05, 4.69) is 172 Å². The molecule has 0 fully saturated rings. The Hall–Kier alpha value is -7.22. The molecule has 0 saturated heterocycles. The van der Waals surface area contributed by atoms with E-state index >= 15 is 0 Å². The first-order valence-electron chi connectivity index (χ1n) is 23.3. The summed E-state index contributed by atoms with van der Waals surface area (Å²) in [6.45, 7) is 18.0. The molecule has 0 aliphatic rings. The molecule has 9 aromatic rings. The number of ether oxygens (including phenoxy) is 1. The second kappa shape index (κ2) is 23.5. The Kier molecular flexibility index (Phi) is 17.3. The average molecular weight is 923 g/mol. The number of phenolic OH excluding ortho intramolecular Hbond substituents is 1. The van der Waals surface area contributed by atoms with Crippen molar-refractivity contribution < 1.29 is 9.84 Å². The van der Waals surface area contributed by atoms with E-state index in [1.807, 2.05) is 67.1 Å². The fraction of sp³-hybridized carbons (Fsp3) is 0.217. The summed E-state index contributed by atoms with van der Waals surface area (Å²) in [7, 11) is 1.70. The molecule has 68 heavy (non-hydrogen) atoms. The number of nitrogens with zero attached hydrogens (tertiary/aromatic N) is 5. The van der Waals surface area contributed by atoms with Gasteiger partial charge < -0.3 is 9.84 Å². The molecule has 9 rings (SSSR count). The van der Waals surface area contributed by atoms with Gasteiger partial charge in [0.2, 0.25) is 0 Å². The number of benzene rings is 6. The van der Waals surface area contributed by atoms with Crippen LogP contribution in [0.1, 0.15) is 101 Å². The number of pyridine rings is 1. The molecule has 1 N–H and O–H groups in total. The summed E-state index contributed by atoms with van der Waals surface area (Å²) in [5, 5.41) is 9.98. The fourth-order valence-electron chi connectivity index (χ4n) is 8.39. The molecule has 0 bridgehead atoms. The second-order valence-corrected chi connectivity index (χ2v) is 17.9. The minimum absolute atomic E-state index is 0. The third-order valence-electron chi connectivity index (χ3n) is 11.8. The van der Waals surface area contributed by atoms with Crippen LogP contribution in [0.2, 0.25) is 0 Å². The highest BCUT2D eigenvalue weighted by atomic mass is 35.5. The number of phenols is 1. The molecule has 0 amide bonds. The smallest absolute Gasteiger partial charge is 0.144 e. The Morgan fingerprint density at radius 1 is 0.412 bits per heavy atom. The molecule has 0 spiro atoms. The maximum Gasteiger partial charge on any atom is 0.144 e. The van der Waals surface area contributed by atoms with Crippen molar-refractivity contribution in [1.82, 2.24) is 24.1 Å². The van der Waals surface area contributed by atoms with Gasteiger partial charge >= 0.3 is 0 Å². The Bertz CT molecular complexity index is 2890. The number of aromatic nitrogens is 5. The minimum atomic E-state index is 0. The quantitative estimate of drug-likeness (QED) is 0.140. The van der Waals surface area contributed by atoms with Gasteiger partial charge in [0, 0.05) is 48.3 Å². The van der Waals surface area contributed by atoms with Crippen molar-refractivity contribution in [2.45, 2.75) is 79.1 Å². The predicted molar refractivity (Wildman–Crippen MR) is 285 cm³/mol. The van der Waals surface area contributed by atoms with E-state index < -0.39 is 0 Å². The first kappa shape index (κ1) is 50.2. The zero-order chi connectivity index (χ0) is 47.5. The summed E-state index contributed by atoms with van der Waals surface area (Å²) in [4.78, 5) is 13.1. The predicted octanol–water partition coefficient (Wildman–Crippen LogP) is 16.1. The highest BCUT2D eigenvalue weighted by molar-refractivity contribution is 5.85. The number of methoxy groups -OCH3 is 1. The molecule has 0 unspecified atom stereocenters. The molecule has 0 saturated carbocycles. The fourth-order valence-corrected chi connectivity index (χ4v) is 8.39. The molecule has 348 valence electrons. The lowest BCUT2D eigenvalue weighted by atomic mass is 9.88. The first-order valence-corrected chi connectivity index (χ1v) is 23.3.